The van der Waals surface area contributed by atoms with Gasteiger partial charge in [-0.3, -0.25) is 38.3 Å². The summed E-state index contributed by atoms with van der Waals surface area (Å²) in [5, 5.41) is 18.5. The summed E-state index contributed by atoms with van der Waals surface area (Å²) in [5.41, 5.74) is 11.5. The number of anilines is 4. The molecule has 0 atom stereocenters. The zero-order chi connectivity index (χ0) is 65.8. The Morgan fingerprint density at radius 1 is 0.567 bits per heavy atom. The predicted octanol–water partition coefficient (Wildman–Crippen LogP) is 12.8. The summed E-state index contributed by atoms with van der Waals surface area (Å²) in [6.45, 7) is 20.6. The van der Waals surface area contributed by atoms with Gasteiger partial charge in [-0.15, -0.1) is 0 Å². The third-order valence-electron chi connectivity index (χ3n) is 15.5. The van der Waals surface area contributed by atoms with Gasteiger partial charge >= 0.3 is 0 Å². The number of hydrogen-bond acceptors (Lipinski definition) is 14. The standard InChI is InChI=1S/2C31H26Cl3F2N7O2/c1-5-19(44)41-8-10-42(11-9-41)29-16-12-18(32)27(20-23(35)21(33)24(36)22(34)25(20)38)40-30(16)43(31(45)17(29)13-37)28-15(4)6-7-39-26(28)14(2)3;1-5-19(44)41-8-10-42(11-9-41)29-16-12-18(32)27(20-21(33)23(35)24(36)25(38)22(20)34)40-30(16)43(31(45)17(29)13-37)28-15(4)6-7-39-26(28)14(2)3/h2*5-7,12,14H,1,8-11,38H2,2-4H3. The lowest BCUT2D eigenvalue weighted by Crippen LogP contribution is -2.49. The van der Waals surface area contributed by atoms with Gasteiger partial charge in [-0.05, 0) is 73.2 Å². The topological polar surface area (TPSA) is 242 Å². The number of carbonyl (C=O) groups is 2. The van der Waals surface area contributed by atoms with E-state index in [9.17, 15) is 42.9 Å². The fourth-order valence-electron chi connectivity index (χ4n) is 11.0. The first kappa shape index (κ1) is 66.0. The number of nitrogens with zero attached hydrogens (tertiary/aromatic N) is 12. The number of nitrogen functional groups attached to an aromatic ring is 2. The lowest BCUT2D eigenvalue weighted by molar-refractivity contribution is -0.127. The van der Waals surface area contributed by atoms with Crippen molar-refractivity contribution in [1.29, 1.82) is 10.5 Å². The molecule has 0 unspecified atom stereocenters. The van der Waals surface area contributed by atoms with Gasteiger partial charge in [0.1, 0.15) is 44.6 Å². The second-order valence-electron chi connectivity index (χ2n) is 21.5. The number of carbonyl (C=O) groups excluding carboxylic acids is 2. The van der Waals surface area contributed by atoms with Gasteiger partial charge in [0.25, 0.3) is 11.1 Å². The third kappa shape index (κ3) is 11.4. The zero-order valence-electron chi connectivity index (χ0n) is 48.8. The summed E-state index contributed by atoms with van der Waals surface area (Å²) in [4.78, 5) is 78.5. The molecule has 4 N–H and O–H groups in total. The molecule has 2 aliphatic rings. The Morgan fingerprint density at radius 2 is 0.967 bits per heavy atom. The number of hydrogen-bond donors (Lipinski definition) is 2. The Labute approximate surface area is 542 Å². The number of benzene rings is 2. The fraction of sp³-hybridized carbons (Fsp3) is 0.258. The lowest BCUT2D eigenvalue weighted by atomic mass is 10.0. The molecule has 2 aliphatic heterocycles. The number of fused-ring (bicyclic) bond motifs is 2. The van der Waals surface area contributed by atoms with E-state index in [4.69, 9.17) is 86.1 Å². The number of pyridine rings is 6. The monoisotopic (exact) mass is 1340 g/mol. The van der Waals surface area contributed by atoms with Gasteiger partial charge in [-0.1, -0.05) is 110 Å². The van der Waals surface area contributed by atoms with Gasteiger partial charge in [0.05, 0.1) is 82.6 Å². The smallest absolute Gasteiger partial charge is 0.276 e. The second kappa shape index (κ2) is 26.2. The number of piperazine rings is 2. The maximum absolute atomic E-state index is 15.5. The van der Waals surface area contributed by atoms with Crippen molar-refractivity contribution in [2.45, 2.75) is 53.4 Å². The molecule has 0 saturated carbocycles. The number of halogens is 10. The molecule has 18 nitrogen and oxygen atoms in total. The van der Waals surface area contributed by atoms with Crippen LogP contribution in [0.4, 0.5) is 40.3 Å². The second-order valence-corrected chi connectivity index (χ2v) is 23.8. The number of aryl methyl sites for hydroxylation is 2. The number of amides is 2. The van der Waals surface area contributed by atoms with Gasteiger partial charge in [-0.25, -0.2) is 27.5 Å². The Hall–Kier alpha value is -8.48. The minimum atomic E-state index is -1.44. The van der Waals surface area contributed by atoms with Crippen molar-refractivity contribution in [3.8, 4) is 46.0 Å². The van der Waals surface area contributed by atoms with E-state index in [1.807, 2.05) is 32.6 Å². The highest BCUT2D eigenvalue weighted by atomic mass is 35.5. The van der Waals surface area contributed by atoms with Crippen molar-refractivity contribution in [3.05, 3.63) is 170 Å². The number of nitrogens with two attached hydrogens (primary N) is 2. The number of rotatable bonds is 10. The van der Waals surface area contributed by atoms with Crippen LogP contribution in [0.1, 0.15) is 73.2 Å². The van der Waals surface area contributed by atoms with Crippen LogP contribution in [0.25, 0.3) is 56.0 Å². The highest BCUT2D eigenvalue weighted by Crippen LogP contribution is 2.47. The summed E-state index contributed by atoms with van der Waals surface area (Å²) in [5.74, 6) is -6.13. The van der Waals surface area contributed by atoms with Crippen LogP contribution < -0.4 is 32.4 Å². The van der Waals surface area contributed by atoms with Crippen LogP contribution in [0.5, 0.6) is 0 Å². The summed E-state index contributed by atoms with van der Waals surface area (Å²) < 4.78 is 61.8. The average molecular weight is 1350 g/mol. The van der Waals surface area contributed by atoms with E-state index < -0.39 is 71.4 Å². The molecule has 28 heteroatoms. The Balaban J connectivity index is 0.000000213. The molecular weight excluding hydrogens is 1290 g/mol. The summed E-state index contributed by atoms with van der Waals surface area (Å²) in [7, 11) is 0. The van der Waals surface area contributed by atoms with Crippen LogP contribution in [0.2, 0.25) is 30.1 Å². The van der Waals surface area contributed by atoms with Crippen molar-refractivity contribution >= 4 is 126 Å². The summed E-state index contributed by atoms with van der Waals surface area (Å²) in [6.07, 6.45) is 5.67. The van der Waals surface area contributed by atoms with E-state index in [1.54, 1.807) is 53.1 Å². The van der Waals surface area contributed by atoms with E-state index >= 15 is 4.39 Å². The molecule has 464 valence electrons. The van der Waals surface area contributed by atoms with Crippen LogP contribution in [-0.4, -0.2) is 103 Å². The first-order valence-corrected chi connectivity index (χ1v) is 29.8. The predicted molar refractivity (Wildman–Crippen MR) is 345 cm³/mol. The maximum Gasteiger partial charge on any atom is 0.276 e. The quantitative estimate of drug-likeness (QED) is 0.0425. The molecule has 2 fully saturated rings. The minimum Gasteiger partial charge on any atom is -0.397 e. The molecule has 0 aliphatic carbocycles. The van der Waals surface area contributed by atoms with Crippen molar-refractivity contribution in [2.24, 2.45) is 0 Å². The first-order valence-electron chi connectivity index (χ1n) is 27.5. The molecule has 90 heavy (non-hydrogen) atoms. The van der Waals surface area contributed by atoms with Crippen molar-refractivity contribution in [1.82, 2.24) is 38.9 Å². The van der Waals surface area contributed by atoms with E-state index in [0.29, 0.717) is 70.8 Å². The molecular formula is C62H52Cl6F4N14O4. The molecule has 6 aromatic heterocycles. The van der Waals surface area contributed by atoms with Gasteiger partial charge in [0, 0.05) is 81.1 Å². The van der Waals surface area contributed by atoms with Gasteiger partial charge in [-0.2, -0.15) is 10.5 Å². The van der Waals surface area contributed by atoms with Crippen LogP contribution >= 0.6 is 69.6 Å². The molecule has 0 spiro atoms. The van der Waals surface area contributed by atoms with Crippen molar-refractivity contribution in [3.63, 3.8) is 0 Å². The molecule has 8 aromatic rings. The van der Waals surface area contributed by atoms with Gasteiger partial charge < -0.3 is 31.1 Å². The largest absolute Gasteiger partial charge is 0.397 e. The zero-order valence-corrected chi connectivity index (χ0v) is 53.3. The van der Waals surface area contributed by atoms with Crippen LogP contribution in [0, 0.1) is 59.8 Å². The highest BCUT2D eigenvalue weighted by Gasteiger charge is 2.34. The van der Waals surface area contributed by atoms with Crippen LogP contribution in [0.15, 0.2) is 71.6 Å². The van der Waals surface area contributed by atoms with E-state index in [0.717, 1.165) is 0 Å². The fourth-order valence-corrected chi connectivity index (χ4v) is 12.5. The summed E-state index contributed by atoms with van der Waals surface area (Å²) >= 11 is 38.1. The normalized spacial score (nSPS) is 13.4. The Kier molecular flexibility index (Phi) is 19.2. The van der Waals surface area contributed by atoms with Crippen molar-refractivity contribution < 1.29 is 27.2 Å². The number of nitriles is 2. The number of aromatic nitrogens is 6. The maximum atomic E-state index is 15.5. The van der Waals surface area contributed by atoms with E-state index in [-0.39, 0.29) is 111 Å². The molecule has 2 aromatic carbocycles. The molecule has 0 radical (unpaired) electrons. The van der Waals surface area contributed by atoms with Gasteiger partial charge in [0.2, 0.25) is 11.8 Å². The Bertz CT molecular complexity index is 4260. The molecule has 2 saturated heterocycles. The average Bonchev–Trinajstić information content (AvgIpc) is 0.747. The SMILES string of the molecule is C=CC(=O)N1CCN(c2c(C#N)c(=O)n(-c3c(C)ccnc3C(C)C)c3nc(-c4c(Cl)c(N)c(F)c(F)c4Cl)c(Cl)cc23)CC1.C=CC(=O)N1CCN(c2c(C#N)c(=O)n(-c3c(C)ccnc3C(C)C)c3nc(-c4c(N)c(Cl)c(F)c(Cl)c4F)c(Cl)cc23)CC1. The van der Waals surface area contributed by atoms with Crippen molar-refractivity contribution in [2.75, 3.05) is 73.6 Å². The molecule has 0 bridgehead atoms. The van der Waals surface area contributed by atoms with Crippen LogP contribution in [0.3, 0.4) is 0 Å². The lowest BCUT2D eigenvalue weighted by Gasteiger charge is -2.36. The van der Waals surface area contributed by atoms with Gasteiger partial charge in [0.15, 0.2) is 23.3 Å². The van der Waals surface area contributed by atoms with E-state index in [2.05, 4.69) is 40.2 Å². The molecule has 2 amide bonds. The first-order chi connectivity index (χ1) is 42.7. The molecule has 8 heterocycles. The van der Waals surface area contributed by atoms with Crippen LogP contribution in [-0.2, 0) is 9.59 Å². The third-order valence-corrected chi connectivity index (χ3v) is 17.5. The Morgan fingerprint density at radius 3 is 1.34 bits per heavy atom. The highest BCUT2D eigenvalue weighted by molar-refractivity contribution is 6.43. The summed E-state index contributed by atoms with van der Waals surface area (Å²) in [6, 6.07) is 10.5. The van der Waals surface area contributed by atoms with E-state index in [1.165, 1.54) is 33.4 Å². The molecule has 10 rings (SSSR count). The minimum absolute atomic E-state index is 0.00590.